The number of hydrogen-bond acceptors (Lipinski definition) is 7. The third-order valence-electron chi connectivity index (χ3n) is 4.83. The number of rotatable bonds is 6. The van der Waals surface area contributed by atoms with Crippen LogP contribution in [0, 0.1) is 0 Å². The Hall–Kier alpha value is -3.21. The standard InChI is InChI=1S/C23H17BrClN3O5S/c1-3-33-23(31)19-16-11-34-21(26-20(29)15-10-13(25)6-9-17(15)32-2)18(16)22(30)28(27-19)14-7-4-12(24)5-8-14/h4-11H,3H2,1-2H3,(H,26,29). The molecule has 0 bridgehead atoms. The predicted molar refractivity (Wildman–Crippen MR) is 135 cm³/mol. The van der Waals surface area contributed by atoms with Crippen molar-refractivity contribution >= 4 is 66.5 Å². The lowest BCUT2D eigenvalue weighted by Gasteiger charge is -2.11. The van der Waals surface area contributed by atoms with Crippen LogP contribution in [-0.2, 0) is 4.74 Å². The van der Waals surface area contributed by atoms with Crippen LogP contribution in [0.5, 0.6) is 5.75 Å². The van der Waals surface area contributed by atoms with Crippen molar-refractivity contribution in [2.75, 3.05) is 19.0 Å². The lowest BCUT2D eigenvalue weighted by Crippen LogP contribution is -2.25. The molecule has 0 radical (unpaired) electrons. The molecule has 0 saturated carbocycles. The lowest BCUT2D eigenvalue weighted by molar-refractivity contribution is 0.0520. The molecule has 1 amide bonds. The van der Waals surface area contributed by atoms with E-state index in [9.17, 15) is 14.4 Å². The number of aromatic nitrogens is 2. The number of hydrogen-bond donors (Lipinski definition) is 1. The van der Waals surface area contributed by atoms with Crippen molar-refractivity contribution in [2.45, 2.75) is 6.92 Å². The van der Waals surface area contributed by atoms with Gasteiger partial charge in [-0.3, -0.25) is 9.59 Å². The Morgan fingerprint density at radius 2 is 1.94 bits per heavy atom. The first-order valence-corrected chi connectivity index (χ1v) is 12.0. The molecule has 8 nitrogen and oxygen atoms in total. The number of ether oxygens (including phenoxy) is 2. The molecule has 0 spiro atoms. The van der Waals surface area contributed by atoms with Gasteiger partial charge in [-0.2, -0.15) is 9.78 Å². The molecule has 0 unspecified atom stereocenters. The Morgan fingerprint density at radius 3 is 2.62 bits per heavy atom. The van der Waals surface area contributed by atoms with Crippen molar-refractivity contribution in [2.24, 2.45) is 0 Å². The predicted octanol–water partition coefficient (Wildman–Crippen LogP) is 5.30. The van der Waals surface area contributed by atoms with E-state index in [1.165, 1.54) is 13.2 Å². The van der Waals surface area contributed by atoms with Gasteiger partial charge in [0.15, 0.2) is 5.69 Å². The number of nitrogens with one attached hydrogen (secondary N) is 1. The Labute approximate surface area is 211 Å². The maximum atomic E-state index is 13.5. The van der Waals surface area contributed by atoms with Crippen molar-refractivity contribution in [3.8, 4) is 11.4 Å². The monoisotopic (exact) mass is 561 g/mol. The third kappa shape index (κ3) is 4.56. The van der Waals surface area contributed by atoms with Crippen LogP contribution >= 0.6 is 38.9 Å². The summed E-state index contributed by atoms with van der Waals surface area (Å²) >= 11 is 10.5. The summed E-state index contributed by atoms with van der Waals surface area (Å²) in [4.78, 5) is 39.2. The Balaban J connectivity index is 1.88. The van der Waals surface area contributed by atoms with Crippen LogP contribution in [0.2, 0.25) is 5.02 Å². The number of anilines is 1. The molecule has 4 rings (SSSR count). The van der Waals surface area contributed by atoms with Crippen molar-refractivity contribution in [3.05, 3.63) is 79.0 Å². The molecular formula is C23H17BrClN3O5S. The lowest BCUT2D eigenvalue weighted by atomic mass is 10.1. The fourth-order valence-electron chi connectivity index (χ4n) is 3.28. The van der Waals surface area contributed by atoms with Crippen molar-refractivity contribution in [1.82, 2.24) is 9.78 Å². The molecule has 0 aliphatic carbocycles. The van der Waals surface area contributed by atoms with Gasteiger partial charge >= 0.3 is 5.97 Å². The van der Waals surface area contributed by atoms with Gasteiger partial charge in [0.05, 0.1) is 30.4 Å². The minimum atomic E-state index is -0.675. The molecule has 34 heavy (non-hydrogen) atoms. The van der Waals surface area contributed by atoms with Crippen LogP contribution < -0.4 is 15.6 Å². The number of amides is 1. The average Bonchev–Trinajstić information content (AvgIpc) is 3.24. The molecule has 0 aliphatic heterocycles. The molecule has 11 heteroatoms. The summed E-state index contributed by atoms with van der Waals surface area (Å²) in [6.07, 6.45) is 0. The first kappa shape index (κ1) is 23.9. The average molecular weight is 563 g/mol. The van der Waals surface area contributed by atoms with Gasteiger partial charge < -0.3 is 14.8 Å². The van der Waals surface area contributed by atoms with Crippen LogP contribution in [0.1, 0.15) is 27.8 Å². The highest BCUT2D eigenvalue weighted by Crippen LogP contribution is 2.32. The van der Waals surface area contributed by atoms with Crippen molar-refractivity contribution in [3.63, 3.8) is 0 Å². The highest BCUT2D eigenvalue weighted by Gasteiger charge is 2.24. The Morgan fingerprint density at radius 1 is 1.21 bits per heavy atom. The smallest absolute Gasteiger partial charge is 0.359 e. The summed E-state index contributed by atoms with van der Waals surface area (Å²) in [5.74, 6) is -0.873. The Bertz CT molecular complexity index is 1470. The normalized spacial score (nSPS) is 10.8. The van der Waals surface area contributed by atoms with Gasteiger partial charge in [-0.25, -0.2) is 4.79 Å². The van der Waals surface area contributed by atoms with Crippen LogP contribution in [0.15, 0.2) is 57.1 Å². The van der Waals surface area contributed by atoms with Gasteiger partial charge in [-0.1, -0.05) is 27.5 Å². The molecule has 0 aliphatic rings. The summed E-state index contributed by atoms with van der Waals surface area (Å²) in [6.45, 7) is 1.82. The highest BCUT2D eigenvalue weighted by atomic mass is 79.9. The number of fused-ring (bicyclic) bond motifs is 1. The zero-order valence-electron chi connectivity index (χ0n) is 17.9. The minimum Gasteiger partial charge on any atom is -0.496 e. The van der Waals surface area contributed by atoms with E-state index >= 15 is 0 Å². The van der Waals surface area contributed by atoms with Gasteiger partial charge in [0.1, 0.15) is 10.8 Å². The van der Waals surface area contributed by atoms with Gasteiger partial charge in [-0.05, 0) is 49.4 Å². The zero-order chi connectivity index (χ0) is 24.4. The molecule has 2 heterocycles. The molecule has 2 aromatic heterocycles. The molecule has 0 saturated heterocycles. The fourth-order valence-corrected chi connectivity index (χ4v) is 4.65. The number of halogens is 2. The number of nitrogens with zero attached hydrogens (tertiary/aromatic N) is 2. The molecule has 1 N–H and O–H groups in total. The van der Waals surface area contributed by atoms with E-state index in [0.717, 1.165) is 20.5 Å². The first-order chi connectivity index (χ1) is 16.3. The van der Waals surface area contributed by atoms with Crippen molar-refractivity contribution in [1.29, 1.82) is 0 Å². The molecule has 2 aromatic carbocycles. The SMILES string of the molecule is CCOC(=O)c1nn(-c2ccc(Br)cc2)c(=O)c2c(NC(=O)c3cc(Cl)ccc3OC)scc12. The summed E-state index contributed by atoms with van der Waals surface area (Å²) in [6, 6.07) is 11.5. The molecular weight excluding hydrogens is 546 g/mol. The van der Waals surface area contributed by atoms with Gasteiger partial charge in [0, 0.05) is 20.3 Å². The van der Waals surface area contributed by atoms with E-state index in [0.29, 0.717) is 16.5 Å². The van der Waals surface area contributed by atoms with Gasteiger partial charge in [-0.15, -0.1) is 11.3 Å². The summed E-state index contributed by atoms with van der Waals surface area (Å²) in [5, 5.41) is 9.66. The van der Waals surface area contributed by atoms with E-state index in [2.05, 4.69) is 26.3 Å². The van der Waals surface area contributed by atoms with E-state index in [4.69, 9.17) is 21.1 Å². The molecule has 0 fully saturated rings. The van der Waals surface area contributed by atoms with Crippen LogP contribution in [0.25, 0.3) is 16.5 Å². The second-order valence-corrected chi connectivity index (χ2v) is 9.15. The van der Waals surface area contributed by atoms with Crippen LogP contribution in [0.4, 0.5) is 5.00 Å². The number of thiophene rings is 1. The minimum absolute atomic E-state index is 0.0311. The largest absolute Gasteiger partial charge is 0.496 e. The summed E-state index contributed by atoms with van der Waals surface area (Å²) in [7, 11) is 1.44. The maximum absolute atomic E-state index is 13.5. The summed E-state index contributed by atoms with van der Waals surface area (Å²) < 4.78 is 12.3. The fraction of sp³-hybridized carbons (Fsp3) is 0.130. The topological polar surface area (TPSA) is 99.5 Å². The second kappa shape index (κ2) is 9.96. The molecule has 4 aromatic rings. The Kier molecular flexibility index (Phi) is 7.01. The molecule has 174 valence electrons. The highest BCUT2D eigenvalue weighted by molar-refractivity contribution is 9.10. The quantitative estimate of drug-likeness (QED) is 0.320. The number of benzene rings is 2. The van der Waals surface area contributed by atoms with E-state index in [1.807, 2.05) is 0 Å². The maximum Gasteiger partial charge on any atom is 0.359 e. The number of esters is 1. The van der Waals surface area contributed by atoms with Crippen molar-refractivity contribution < 1.29 is 19.1 Å². The number of carbonyl (C=O) groups excluding carboxylic acids is 2. The first-order valence-electron chi connectivity index (χ1n) is 9.96. The summed E-state index contributed by atoms with van der Waals surface area (Å²) in [5.41, 5.74) is 0.113. The van der Waals surface area contributed by atoms with Crippen LogP contribution in [0.3, 0.4) is 0 Å². The van der Waals surface area contributed by atoms with Crippen LogP contribution in [-0.4, -0.2) is 35.4 Å². The number of methoxy groups -OCH3 is 1. The third-order valence-corrected chi connectivity index (χ3v) is 6.48. The van der Waals surface area contributed by atoms with E-state index < -0.39 is 17.4 Å². The molecule has 0 atom stereocenters. The van der Waals surface area contributed by atoms with Gasteiger partial charge in [0.25, 0.3) is 11.5 Å². The second-order valence-electron chi connectivity index (χ2n) is 6.91. The number of carbonyl (C=O) groups is 2. The van der Waals surface area contributed by atoms with E-state index in [1.54, 1.807) is 48.7 Å². The zero-order valence-corrected chi connectivity index (χ0v) is 21.1. The van der Waals surface area contributed by atoms with E-state index in [-0.39, 0.29) is 33.6 Å². The van der Waals surface area contributed by atoms with Gasteiger partial charge in [0.2, 0.25) is 0 Å².